The lowest BCUT2D eigenvalue weighted by molar-refractivity contribution is -0.138. The zero-order valence-corrected chi connectivity index (χ0v) is 14.4. The Hall–Kier alpha value is -3.30. The molecule has 1 aromatic heterocycles. The van der Waals surface area contributed by atoms with Crippen LogP contribution in [0.5, 0.6) is 0 Å². The third-order valence-electron chi connectivity index (χ3n) is 3.86. The van der Waals surface area contributed by atoms with E-state index in [9.17, 15) is 26.7 Å². The van der Waals surface area contributed by atoms with Crippen molar-refractivity contribution in [3.05, 3.63) is 76.9 Å². The number of hydrogen-bond acceptors (Lipinski definition) is 3. The second-order valence-corrected chi connectivity index (χ2v) is 5.85. The molecule has 0 aliphatic carbocycles. The van der Waals surface area contributed by atoms with Crippen LogP contribution in [0.25, 0.3) is 5.69 Å². The van der Waals surface area contributed by atoms with Crippen LogP contribution in [-0.2, 0) is 12.7 Å². The molecule has 0 bridgehead atoms. The highest BCUT2D eigenvalue weighted by molar-refractivity contribution is 5.90. The van der Waals surface area contributed by atoms with Gasteiger partial charge in [-0.1, -0.05) is 6.07 Å². The van der Waals surface area contributed by atoms with Gasteiger partial charge in [0.2, 0.25) is 5.82 Å². The Morgan fingerprint density at radius 2 is 1.71 bits per heavy atom. The molecule has 0 radical (unpaired) electrons. The van der Waals surface area contributed by atoms with E-state index in [1.807, 2.05) is 0 Å². The molecule has 1 N–H and O–H groups in total. The summed E-state index contributed by atoms with van der Waals surface area (Å²) >= 11 is 0. The first-order chi connectivity index (χ1) is 13.1. The van der Waals surface area contributed by atoms with Gasteiger partial charge in [0.05, 0.1) is 11.3 Å². The molecule has 28 heavy (non-hydrogen) atoms. The van der Waals surface area contributed by atoms with Crippen LogP contribution in [0.1, 0.15) is 27.6 Å². The predicted octanol–water partition coefficient (Wildman–Crippen LogP) is 3.80. The number of aromatic nitrogens is 3. The fourth-order valence-electron chi connectivity index (χ4n) is 2.53. The first kappa shape index (κ1) is 19.5. The van der Waals surface area contributed by atoms with Crippen molar-refractivity contribution in [3.63, 3.8) is 0 Å². The van der Waals surface area contributed by atoms with Crippen LogP contribution in [-0.4, -0.2) is 20.7 Å². The van der Waals surface area contributed by atoms with E-state index < -0.39 is 35.8 Å². The average Bonchev–Trinajstić information content (AvgIpc) is 3.02. The molecule has 0 saturated heterocycles. The maximum absolute atomic E-state index is 13.1. The summed E-state index contributed by atoms with van der Waals surface area (Å²) in [6.07, 6.45) is -4.76. The number of nitrogens with one attached hydrogen (secondary N) is 1. The summed E-state index contributed by atoms with van der Waals surface area (Å²) in [5.41, 5.74) is -1.01. The van der Waals surface area contributed by atoms with Gasteiger partial charge in [-0.05, 0) is 48.9 Å². The van der Waals surface area contributed by atoms with Crippen molar-refractivity contribution < 1.29 is 26.7 Å². The number of nitrogens with zero attached hydrogens (tertiary/aromatic N) is 3. The summed E-state index contributed by atoms with van der Waals surface area (Å²) in [4.78, 5) is 16.2. The topological polar surface area (TPSA) is 59.8 Å². The van der Waals surface area contributed by atoms with Crippen LogP contribution in [0.15, 0.2) is 42.5 Å². The fourth-order valence-corrected chi connectivity index (χ4v) is 2.53. The lowest BCUT2D eigenvalue weighted by atomic mass is 10.1. The number of carbonyl (C=O) groups is 1. The number of aryl methyl sites for hydroxylation is 1. The largest absolute Gasteiger partial charge is 0.416 e. The van der Waals surface area contributed by atoms with Crippen LogP contribution in [0.2, 0.25) is 0 Å². The minimum atomic E-state index is -4.76. The highest BCUT2D eigenvalue weighted by Gasteiger charge is 2.33. The van der Waals surface area contributed by atoms with Gasteiger partial charge in [0.25, 0.3) is 5.91 Å². The summed E-state index contributed by atoms with van der Waals surface area (Å²) in [6.45, 7) is 1.08. The molecule has 1 heterocycles. The van der Waals surface area contributed by atoms with Gasteiger partial charge in [-0.3, -0.25) is 4.79 Å². The molecular formula is C18H13F5N4O. The monoisotopic (exact) mass is 396 g/mol. The molecule has 0 aliphatic rings. The number of benzene rings is 2. The second kappa shape index (κ2) is 7.37. The van der Waals surface area contributed by atoms with Crippen molar-refractivity contribution in [2.45, 2.75) is 19.6 Å². The van der Waals surface area contributed by atoms with Crippen molar-refractivity contribution in [2.24, 2.45) is 0 Å². The Bertz CT molecular complexity index is 1010. The SMILES string of the molecule is Cc1nc(C(=O)NCc2ccc(F)cc2C(F)(F)F)nn1-c1ccc(F)cc1. The molecule has 0 saturated carbocycles. The number of hydrogen-bond donors (Lipinski definition) is 1. The van der Waals surface area contributed by atoms with E-state index in [0.717, 1.165) is 12.1 Å². The number of amides is 1. The van der Waals surface area contributed by atoms with E-state index in [1.54, 1.807) is 6.92 Å². The van der Waals surface area contributed by atoms with Gasteiger partial charge in [-0.2, -0.15) is 13.2 Å². The van der Waals surface area contributed by atoms with Gasteiger partial charge in [-0.25, -0.2) is 18.4 Å². The Kier molecular flexibility index (Phi) is 5.12. The molecule has 0 aliphatic heterocycles. The van der Waals surface area contributed by atoms with E-state index in [2.05, 4.69) is 15.4 Å². The molecule has 2 aromatic carbocycles. The second-order valence-electron chi connectivity index (χ2n) is 5.85. The Morgan fingerprint density at radius 3 is 2.36 bits per heavy atom. The molecule has 0 fully saturated rings. The van der Waals surface area contributed by atoms with Gasteiger partial charge in [0.15, 0.2) is 0 Å². The molecule has 3 rings (SSSR count). The van der Waals surface area contributed by atoms with E-state index in [1.165, 1.54) is 28.9 Å². The van der Waals surface area contributed by atoms with Crippen LogP contribution in [0.3, 0.4) is 0 Å². The minimum Gasteiger partial charge on any atom is -0.345 e. The van der Waals surface area contributed by atoms with Gasteiger partial charge >= 0.3 is 6.18 Å². The number of carbonyl (C=O) groups excluding carboxylic acids is 1. The molecule has 0 spiro atoms. The van der Waals surface area contributed by atoms with E-state index in [-0.39, 0.29) is 11.4 Å². The van der Waals surface area contributed by atoms with Crippen LogP contribution in [0, 0.1) is 18.6 Å². The van der Waals surface area contributed by atoms with Crippen molar-refractivity contribution in [2.75, 3.05) is 0 Å². The number of halogens is 5. The molecule has 3 aromatic rings. The molecular weight excluding hydrogens is 383 g/mol. The normalized spacial score (nSPS) is 11.5. The molecule has 0 atom stereocenters. The predicted molar refractivity (Wildman–Crippen MR) is 88.6 cm³/mol. The Morgan fingerprint density at radius 1 is 1.07 bits per heavy atom. The summed E-state index contributed by atoms with van der Waals surface area (Å²) in [5, 5.41) is 6.28. The maximum Gasteiger partial charge on any atom is 0.416 e. The van der Waals surface area contributed by atoms with Crippen molar-refractivity contribution in [1.29, 1.82) is 0 Å². The van der Waals surface area contributed by atoms with Gasteiger partial charge in [0, 0.05) is 6.54 Å². The molecule has 5 nitrogen and oxygen atoms in total. The Labute approximate surface area is 155 Å². The minimum absolute atomic E-state index is 0.266. The van der Waals surface area contributed by atoms with Crippen LogP contribution < -0.4 is 5.32 Å². The summed E-state index contributed by atoms with van der Waals surface area (Å²) < 4.78 is 66.5. The van der Waals surface area contributed by atoms with Crippen molar-refractivity contribution in [3.8, 4) is 5.69 Å². The van der Waals surface area contributed by atoms with Gasteiger partial charge in [0.1, 0.15) is 17.5 Å². The summed E-state index contributed by atoms with van der Waals surface area (Å²) in [6, 6.07) is 7.50. The lowest BCUT2D eigenvalue weighted by Gasteiger charge is -2.13. The first-order valence-corrected chi connectivity index (χ1v) is 7.98. The highest BCUT2D eigenvalue weighted by Crippen LogP contribution is 2.32. The number of alkyl halides is 3. The maximum atomic E-state index is 13.1. The standard InChI is InChI=1S/C18H13F5N4O/c1-10-25-16(26-27(10)14-6-4-12(19)5-7-14)17(28)24-9-11-2-3-13(20)8-15(11)18(21,22)23/h2-8H,9H2,1H3,(H,24,28). The highest BCUT2D eigenvalue weighted by atomic mass is 19.4. The van der Waals surface area contributed by atoms with Crippen molar-refractivity contribution in [1.82, 2.24) is 20.1 Å². The van der Waals surface area contributed by atoms with E-state index in [4.69, 9.17) is 0 Å². The van der Waals surface area contributed by atoms with Gasteiger partial charge < -0.3 is 5.32 Å². The van der Waals surface area contributed by atoms with Crippen LogP contribution in [0.4, 0.5) is 22.0 Å². The molecule has 146 valence electrons. The first-order valence-electron chi connectivity index (χ1n) is 7.98. The van der Waals surface area contributed by atoms with E-state index >= 15 is 0 Å². The quantitative estimate of drug-likeness (QED) is 0.683. The summed E-state index contributed by atoms with van der Waals surface area (Å²) in [7, 11) is 0. The zero-order valence-electron chi connectivity index (χ0n) is 14.4. The van der Waals surface area contributed by atoms with Crippen molar-refractivity contribution >= 4 is 5.91 Å². The fraction of sp³-hybridized carbons (Fsp3) is 0.167. The molecule has 0 unspecified atom stereocenters. The summed E-state index contributed by atoms with van der Waals surface area (Å²) in [5.74, 6) is -2.22. The van der Waals surface area contributed by atoms with Gasteiger partial charge in [-0.15, -0.1) is 5.10 Å². The Balaban J connectivity index is 1.78. The average molecular weight is 396 g/mol. The third-order valence-corrected chi connectivity index (χ3v) is 3.86. The molecule has 1 amide bonds. The zero-order chi connectivity index (χ0) is 20.5. The third kappa shape index (κ3) is 4.16. The smallest absolute Gasteiger partial charge is 0.345 e. The van der Waals surface area contributed by atoms with E-state index in [0.29, 0.717) is 17.6 Å². The van der Waals surface area contributed by atoms with Crippen LogP contribution >= 0.6 is 0 Å². The molecule has 10 heteroatoms. The number of rotatable bonds is 4. The lowest BCUT2D eigenvalue weighted by Crippen LogP contribution is -2.25.